The molecule has 1 rings (SSSR count). The molecule has 1 heterocycles. The van der Waals surface area contributed by atoms with Gasteiger partial charge in [-0.1, -0.05) is 0 Å². The Bertz CT molecular complexity index is 111. The van der Waals surface area contributed by atoms with E-state index in [0.717, 1.165) is 5.69 Å². The zero-order chi connectivity index (χ0) is 4.41. The second-order valence-corrected chi connectivity index (χ2v) is 1.70. The van der Waals surface area contributed by atoms with Gasteiger partial charge < -0.3 is 5.73 Å². The average molecular weight is 98.1 g/mol. The largest absolute Gasteiger partial charge is 0.398 e. The third-order valence-electron chi connectivity index (χ3n) is 0.489. The minimum Gasteiger partial charge on any atom is -0.398 e. The molecule has 6 heavy (non-hydrogen) atoms. The molecule has 0 fully saturated rings. The first-order valence-electron chi connectivity index (χ1n) is 1.59. The van der Waals surface area contributed by atoms with Crippen LogP contribution in [0.5, 0.6) is 0 Å². The monoisotopic (exact) mass is 98.0 g/mol. The van der Waals surface area contributed by atoms with Crippen LogP contribution in [0.2, 0.25) is 0 Å². The lowest BCUT2D eigenvalue weighted by Crippen LogP contribution is -1.74. The molecule has 0 amide bonds. The van der Waals surface area contributed by atoms with Crippen LogP contribution in [-0.2, 0) is 0 Å². The highest BCUT2D eigenvalue weighted by atomic mass is 32.1. The molecule has 0 spiro atoms. The third kappa shape index (κ3) is 0.518. The van der Waals surface area contributed by atoms with Crippen LogP contribution in [0, 0.1) is 5.38 Å². The van der Waals surface area contributed by atoms with Crippen molar-refractivity contribution in [2.75, 3.05) is 5.73 Å². The van der Waals surface area contributed by atoms with Crippen molar-refractivity contribution in [3.05, 3.63) is 16.8 Å². The average Bonchev–Trinajstić information content (AvgIpc) is 1.86. The Morgan fingerprint density at radius 2 is 2.67 bits per heavy atom. The molecule has 0 aliphatic carbocycles. The van der Waals surface area contributed by atoms with Crippen LogP contribution >= 0.6 is 11.3 Å². The fraction of sp³-hybridized carbons (Fsp3) is 0. The van der Waals surface area contributed by atoms with E-state index < -0.39 is 0 Å². The highest BCUT2D eigenvalue weighted by Gasteiger charge is 1.75. The normalized spacial score (nSPS) is 8.67. The maximum atomic E-state index is 5.26. The molecule has 1 nitrogen and oxygen atoms in total. The fourth-order valence-corrected chi connectivity index (χ4v) is 0.714. The Morgan fingerprint density at radius 3 is 2.83 bits per heavy atom. The maximum Gasteiger partial charge on any atom is 0.0464 e. The zero-order valence-corrected chi connectivity index (χ0v) is 3.96. The van der Waals surface area contributed by atoms with Gasteiger partial charge in [-0.15, -0.1) is 11.3 Å². The van der Waals surface area contributed by atoms with Gasteiger partial charge in [0.2, 0.25) is 0 Å². The summed E-state index contributed by atoms with van der Waals surface area (Å²) in [7, 11) is 0. The van der Waals surface area contributed by atoms with Crippen LogP contribution in [-0.4, -0.2) is 0 Å². The first-order chi connectivity index (χ1) is 2.89. The molecule has 2 N–H and O–H groups in total. The van der Waals surface area contributed by atoms with Crippen molar-refractivity contribution < 1.29 is 0 Å². The van der Waals surface area contributed by atoms with Crippen molar-refractivity contribution >= 4 is 17.0 Å². The SMILES string of the molecule is Nc1c[c]sc1. The van der Waals surface area contributed by atoms with Crippen LogP contribution in [0.1, 0.15) is 0 Å². The van der Waals surface area contributed by atoms with Gasteiger partial charge in [0.05, 0.1) is 0 Å². The van der Waals surface area contributed by atoms with Crippen LogP contribution in [0.3, 0.4) is 0 Å². The van der Waals surface area contributed by atoms with Crippen molar-refractivity contribution in [1.82, 2.24) is 0 Å². The van der Waals surface area contributed by atoms with Gasteiger partial charge >= 0.3 is 0 Å². The molecule has 0 aliphatic heterocycles. The minimum atomic E-state index is 0.806. The van der Waals surface area contributed by atoms with E-state index in [2.05, 4.69) is 5.38 Å². The van der Waals surface area contributed by atoms with Crippen molar-refractivity contribution in [3.8, 4) is 0 Å². The summed E-state index contributed by atoms with van der Waals surface area (Å²) in [6, 6.07) is 1.75. The van der Waals surface area contributed by atoms with E-state index in [1.807, 2.05) is 5.38 Å². The molecule has 0 bridgehead atoms. The number of nitrogens with two attached hydrogens (primary N) is 1. The fourth-order valence-electron chi connectivity index (χ4n) is 0.238. The summed E-state index contributed by atoms with van der Waals surface area (Å²) in [6.07, 6.45) is 0. The maximum absolute atomic E-state index is 5.26. The third-order valence-corrected chi connectivity index (χ3v) is 1.13. The molecule has 0 aliphatic rings. The number of nitrogen functional groups attached to an aromatic ring is 1. The highest BCUT2D eigenvalue weighted by molar-refractivity contribution is 7.07. The summed E-state index contributed by atoms with van der Waals surface area (Å²) in [4.78, 5) is 0. The molecule has 2 heteroatoms. The summed E-state index contributed by atoms with van der Waals surface area (Å²) < 4.78 is 0. The molecule has 1 aromatic heterocycles. The molecular weight excluding hydrogens is 94.1 g/mol. The van der Waals surface area contributed by atoms with Crippen LogP contribution < -0.4 is 5.73 Å². The van der Waals surface area contributed by atoms with Gasteiger partial charge in [0.15, 0.2) is 0 Å². The van der Waals surface area contributed by atoms with Gasteiger partial charge in [-0.2, -0.15) is 0 Å². The predicted octanol–water partition coefficient (Wildman–Crippen LogP) is 1.13. The predicted molar refractivity (Wildman–Crippen MR) is 27.6 cm³/mol. The Morgan fingerprint density at radius 1 is 1.83 bits per heavy atom. The minimum absolute atomic E-state index is 0.806. The number of anilines is 1. The Balaban J connectivity index is 3.05. The van der Waals surface area contributed by atoms with Crippen molar-refractivity contribution in [3.63, 3.8) is 0 Å². The topological polar surface area (TPSA) is 26.0 Å². The van der Waals surface area contributed by atoms with Crippen LogP contribution in [0.15, 0.2) is 11.4 Å². The first kappa shape index (κ1) is 3.68. The quantitative estimate of drug-likeness (QED) is 0.517. The second-order valence-electron chi connectivity index (χ2n) is 0.998. The van der Waals surface area contributed by atoms with Crippen LogP contribution in [0.4, 0.5) is 5.69 Å². The van der Waals surface area contributed by atoms with Gasteiger partial charge in [-0.25, -0.2) is 0 Å². The van der Waals surface area contributed by atoms with Gasteiger partial charge in [0.25, 0.3) is 0 Å². The molecule has 1 aromatic rings. The Labute approximate surface area is 40.4 Å². The lowest BCUT2D eigenvalue weighted by molar-refractivity contribution is 1.88. The van der Waals surface area contributed by atoms with E-state index in [1.165, 1.54) is 11.3 Å². The molecule has 0 atom stereocenters. The summed E-state index contributed by atoms with van der Waals surface area (Å²) in [5.41, 5.74) is 6.06. The van der Waals surface area contributed by atoms with E-state index in [1.54, 1.807) is 6.07 Å². The number of rotatable bonds is 0. The van der Waals surface area contributed by atoms with Crippen LogP contribution in [0.25, 0.3) is 0 Å². The Kier molecular flexibility index (Phi) is 0.801. The molecule has 0 unspecified atom stereocenters. The van der Waals surface area contributed by atoms with Crippen molar-refractivity contribution in [2.24, 2.45) is 0 Å². The Hall–Kier alpha value is -0.500. The van der Waals surface area contributed by atoms with E-state index in [0.29, 0.717) is 0 Å². The number of thiophene rings is 1. The van der Waals surface area contributed by atoms with Crippen molar-refractivity contribution in [2.45, 2.75) is 0 Å². The molecule has 0 saturated heterocycles. The lowest BCUT2D eigenvalue weighted by Gasteiger charge is -1.68. The van der Waals surface area contributed by atoms with E-state index >= 15 is 0 Å². The smallest absolute Gasteiger partial charge is 0.0464 e. The summed E-state index contributed by atoms with van der Waals surface area (Å²) in [6.45, 7) is 0. The second kappa shape index (κ2) is 1.30. The standard InChI is InChI=1S/C4H4NS/c5-4-1-2-6-3-4/h1,3H,5H2. The summed E-state index contributed by atoms with van der Waals surface area (Å²) in [5.74, 6) is 0. The number of hydrogen-bond donors (Lipinski definition) is 1. The van der Waals surface area contributed by atoms with E-state index in [4.69, 9.17) is 5.73 Å². The molecular formula is C4H4NS. The first-order valence-corrected chi connectivity index (χ1v) is 2.47. The van der Waals surface area contributed by atoms with Gasteiger partial charge in [0, 0.05) is 16.4 Å². The molecule has 1 radical (unpaired) electrons. The summed E-state index contributed by atoms with van der Waals surface area (Å²) >= 11 is 1.49. The van der Waals surface area contributed by atoms with Gasteiger partial charge in [-0.05, 0) is 6.07 Å². The molecule has 31 valence electrons. The summed E-state index contributed by atoms with van der Waals surface area (Å²) in [5, 5.41) is 4.69. The van der Waals surface area contributed by atoms with E-state index in [-0.39, 0.29) is 0 Å². The van der Waals surface area contributed by atoms with Crippen molar-refractivity contribution in [1.29, 1.82) is 0 Å². The van der Waals surface area contributed by atoms with E-state index in [9.17, 15) is 0 Å². The zero-order valence-electron chi connectivity index (χ0n) is 3.14. The van der Waals surface area contributed by atoms with Gasteiger partial charge in [-0.3, -0.25) is 0 Å². The van der Waals surface area contributed by atoms with Gasteiger partial charge in [0.1, 0.15) is 0 Å². The highest BCUT2D eigenvalue weighted by Crippen LogP contribution is 2.04. The molecule has 0 aromatic carbocycles. The number of hydrogen-bond acceptors (Lipinski definition) is 2. The lowest BCUT2D eigenvalue weighted by atomic mass is 10.6. The molecule has 0 saturated carbocycles.